The van der Waals surface area contributed by atoms with Crippen molar-refractivity contribution in [1.29, 1.82) is 5.26 Å². The highest BCUT2D eigenvalue weighted by Crippen LogP contribution is 2.42. The van der Waals surface area contributed by atoms with Crippen molar-refractivity contribution in [1.82, 2.24) is 14.6 Å². The van der Waals surface area contributed by atoms with Crippen LogP contribution in [0, 0.1) is 18.3 Å². The van der Waals surface area contributed by atoms with Gasteiger partial charge in [0.05, 0.1) is 34.5 Å². The second-order valence-corrected chi connectivity index (χ2v) is 19.5. The van der Waals surface area contributed by atoms with Crippen LogP contribution in [0.5, 0.6) is 17.2 Å². The van der Waals surface area contributed by atoms with Crippen molar-refractivity contribution in [3.63, 3.8) is 0 Å². The molecule has 0 fully saturated rings. The molecule has 3 atom stereocenters. The maximum atomic E-state index is 14.7. The predicted molar refractivity (Wildman–Crippen MR) is 248 cm³/mol. The second-order valence-electron chi connectivity index (χ2n) is 15.6. The zero-order valence-corrected chi connectivity index (χ0v) is 38.8. The number of fused-ring (bicyclic) bond motifs is 2. The molecule has 1 unspecified atom stereocenters. The lowest BCUT2D eigenvalue weighted by Crippen LogP contribution is -2.56. The molecule has 0 aliphatic carbocycles. The summed E-state index contributed by atoms with van der Waals surface area (Å²) in [7, 11) is -3.25. The molecule has 6 aromatic rings. The molecule has 14 nitrogen and oxygen atoms in total. The van der Waals surface area contributed by atoms with E-state index in [0.29, 0.717) is 49.5 Å². The summed E-state index contributed by atoms with van der Waals surface area (Å²) in [6.07, 6.45) is -0.533. The van der Waals surface area contributed by atoms with Crippen LogP contribution in [0.4, 0.5) is 5.13 Å². The highest BCUT2D eigenvalue weighted by Gasteiger charge is 2.43. The number of aryl methyl sites for hydroxylation is 1. The third-order valence-corrected chi connectivity index (χ3v) is 15.3. The third kappa shape index (κ3) is 10.2. The highest BCUT2D eigenvalue weighted by molar-refractivity contribution is 7.91. The number of carbonyl (C=O) groups is 3. The van der Waals surface area contributed by atoms with Crippen LogP contribution in [0.1, 0.15) is 52.1 Å². The van der Waals surface area contributed by atoms with Crippen LogP contribution in [0.3, 0.4) is 0 Å². The standard InChI is InChI=1S/C48H41Cl2N5O9S2/c1-27-47(65-48(52-27)53-28(2)56)66(59,60)55-24-36-22-43-42(63-26-44(64-43)34-13-15-37(16-14-34)62-25-31-8-17-38(49)39(50)18-31)21-35(36)20-41(55)45(57)54-40(46(58)61-3)19-29-4-9-32(10-5-29)33-11-6-30(23-51)7-12-33/h4-18,21-22,40-41,44H,19-20,24-26H2,1-3H3,(H,54,57)(H,52,53,56)/t40?,41-,44-/m0/s1. The fraction of sp³-hybridized carbons (Fsp3) is 0.229. The van der Waals surface area contributed by atoms with Crippen molar-refractivity contribution >= 4 is 67.5 Å². The van der Waals surface area contributed by atoms with Gasteiger partial charge in [0, 0.05) is 19.9 Å². The first-order valence-electron chi connectivity index (χ1n) is 20.6. The predicted octanol–water partition coefficient (Wildman–Crippen LogP) is 8.36. The minimum Gasteiger partial charge on any atom is -0.489 e. The number of methoxy groups -OCH3 is 1. The smallest absolute Gasteiger partial charge is 0.328 e. The molecule has 2 N–H and O–H groups in total. The van der Waals surface area contributed by atoms with Gasteiger partial charge in [-0.25, -0.2) is 18.2 Å². The minimum absolute atomic E-state index is 0.0461. The monoisotopic (exact) mass is 965 g/mol. The molecule has 0 saturated heterocycles. The van der Waals surface area contributed by atoms with E-state index in [2.05, 4.69) is 21.7 Å². The number of hydrogen-bond acceptors (Lipinski definition) is 12. The number of ether oxygens (including phenoxy) is 4. The van der Waals surface area contributed by atoms with Gasteiger partial charge in [-0.1, -0.05) is 89.1 Å². The second kappa shape index (κ2) is 19.5. The van der Waals surface area contributed by atoms with E-state index < -0.39 is 46.0 Å². The molecule has 0 saturated carbocycles. The number of anilines is 1. The average Bonchev–Trinajstić information content (AvgIpc) is 3.70. The van der Waals surface area contributed by atoms with Crippen molar-refractivity contribution < 1.29 is 41.7 Å². The van der Waals surface area contributed by atoms with Gasteiger partial charge in [-0.15, -0.1) is 0 Å². The summed E-state index contributed by atoms with van der Waals surface area (Å²) in [5.41, 5.74) is 6.07. The fourth-order valence-electron chi connectivity index (χ4n) is 7.68. The maximum absolute atomic E-state index is 14.7. The van der Waals surface area contributed by atoms with Gasteiger partial charge in [0.1, 0.15) is 31.0 Å². The number of hydrogen-bond donors (Lipinski definition) is 2. The van der Waals surface area contributed by atoms with E-state index in [0.717, 1.165) is 37.9 Å². The van der Waals surface area contributed by atoms with Gasteiger partial charge >= 0.3 is 5.97 Å². The Balaban J connectivity index is 1.04. The van der Waals surface area contributed by atoms with E-state index >= 15 is 0 Å². The normalized spacial score (nSPS) is 16.0. The molecule has 0 radical (unpaired) electrons. The Labute approximate surface area is 395 Å². The van der Waals surface area contributed by atoms with Crippen LogP contribution in [-0.4, -0.2) is 61.3 Å². The molecule has 18 heteroatoms. The molecule has 1 aromatic heterocycles. The molecule has 5 aromatic carbocycles. The number of nitrogens with zero attached hydrogens (tertiary/aromatic N) is 3. The number of carbonyl (C=O) groups excluding carboxylic acids is 3. The fourth-order valence-corrected chi connectivity index (χ4v) is 11.1. The Morgan fingerprint density at radius 2 is 1.61 bits per heavy atom. The van der Waals surface area contributed by atoms with Crippen molar-refractivity contribution in [3.05, 3.63) is 152 Å². The number of amides is 2. The molecule has 338 valence electrons. The van der Waals surface area contributed by atoms with E-state index in [9.17, 15) is 22.8 Å². The van der Waals surface area contributed by atoms with Gasteiger partial charge in [0.2, 0.25) is 11.8 Å². The number of sulfonamides is 1. The molecular weight excluding hydrogens is 926 g/mol. The summed E-state index contributed by atoms with van der Waals surface area (Å²) in [6, 6.07) is 30.3. The van der Waals surface area contributed by atoms with Crippen LogP contribution < -0.4 is 24.8 Å². The van der Waals surface area contributed by atoms with E-state index in [1.807, 2.05) is 66.7 Å². The Morgan fingerprint density at radius 1 is 0.924 bits per heavy atom. The molecule has 66 heavy (non-hydrogen) atoms. The number of halogens is 2. The van der Waals surface area contributed by atoms with Gasteiger partial charge in [0.15, 0.2) is 26.9 Å². The average molecular weight is 967 g/mol. The maximum Gasteiger partial charge on any atom is 0.328 e. The molecule has 2 aliphatic heterocycles. The minimum atomic E-state index is -4.46. The third-order valence-electron chi connectivity index (χ3n) is 11.1. The number of thiazole rings is 1. The Morgan fingerprint density at radius 3 is 2.27 bits per heavy atom. The Hall–Kier alpha value is -6.48. The zero-order chi connectivity index (χ0) is 46.7. The Kier molecular flexibility index (Phi) is 13.6. The van der Waals surface area contributed by atoms with Crippen LogP contribution in [0.25, 0.3) is 11.1 Å². The van der Waals surface area contributed by atoms with E-state index in [-0.39, 0.29) is 47.6 Å². The number of aromatic nitrogens is 1. The summed E-state index contributed by atoms with van der Waals surface area (Å²) in [6.45, 7) is 3.02. The summed E-state index contributed by atoms with van der Waals surface area (Å²) in [5, 5.41) is 15.5. The van der Waals surface area contributed by atoms with Crippen molar-refractivity contribution in [2.45, 2.75) is 62.2 Å². The van der Waals surface area contributed by atoms with Gasteiger partial charge < -0.3 is 29.6 Å². The number of nitrogens with one attached hydrogen (secondary N) is 2. The highest BCUT2D eigenvalue weighted by atomic mass is 35.5. The zero-order valence-electron chi connectivity index (χ0n) is 35.7. The molecule has 0 spiro atoms. The number of nitriles is 1. The SMILES string of the molecule is COC(=O)C(Cc1ccc(-c2ccc(C#N)cc2)cc1)NC(=O)[C@@H]1Cc2cc3c(cc2CN1S(=O)(=O)c1sc(NC(C)=O)nc1C)O[C@H](c1ccc(OCc2ccc(Cl)c(Cl)c2)cc1)CO3. The quantitative estimate of drug-likeness (QED) is 0.106. The molecule has 8 rings (SSSR count). The largest absolute Gasteiger partial charge is 0.489 e. The lowest BCUT2D eigenvalue weighted by Gasteiger charge is -2.36. The van der Waals surface area contributed by atoms with Crippen molar-refractivity contribution in [2.24, 2.45) is 0 Å². The van der Waals surface area contributed by atoms with Gasteiger partial charge in [-0.3, -0.25) is 9.59 Å². The van der Waals surface area contributed by atoms with Gasteiger partial charge in [-0.2, -0.15) is 9.57 Å². The van der Waals surface area contributed by atoms with E-state index in [1.165, 1.54) is 21.0 Å². The summed E-state index contributed by atoms with van der Waals surface area (Å²) < 4.78 is 54.1. The number of rotatable bonds is 13. The van der Waals surface area contributed by atoms with Crippen LogP contribution in [0.2, 0.25) is 10.0 Å². The van der Waals surface area contributed by atoms with E-state index in [1.54, 1.807) is 36.4 Å². The molecule has 3 heterocycles. The first-order chi connectivity index (χ1) is 31.7. The van der Waals surface area contributed by atoms with Crippen LogP contribution in [-0.2, 0) is 55.1 Å². The van der Waals surface area contributed by atoms with E-state index in [4.69, 9.17) is 47.4 Å². The van der Waals surface area contributed by atoms with Crippen LogP contribution in [0.15, 0.2) is 107 Å². The lowest BCUT2D eigenvalue weighted by molar-refractivity contribution is -0.145. The molecule has 0 bridgehead atoms. The van der Waals surface area contributed by atoms with Gasteiger partial charge in [0.25, 0.3) is 10.0 Å². The lowest BCUT2D eigenvalue weighted by atomic mass is 9.93. The Bertz CT molecular complexity index is 2980. The van der Waals surface area contributed by atoms with Crippen LogP contribution >= 0.6 is 34.5 Å². The summed E-state index contributed by atoms with van der Waals surface area (Å²) in [5.74, 6) is -0.422. The molecule has 2 aliphatic rings. The first kappa shape index (κ1) is 46.1. The number of esters is 1. The topological polar surface area (TPSA) is 186 Å². The first-order valence-corrected chi connectivity index (χ1v) is 23.6. The molecular formula is C48H41Cl2N5O9S2. The summed E-state index contributed by atoms with van der Waals surface area (Å²) >= 11 is 13.0. The van der Waals surface area contributed by atoms with Crippen molar-refractivity contribution in [3.8, 4) is 34.4 Å². The molecule has 2 amide bonds. The van der Waals surface area contributed by atoms with Gasteiger partial charge in [-0.05, 0) is 101 Å². The summed E-state index contributed by atoms with van der Waals surface area (Å²) in [4.78, 5) is 43.9. The number of benzene rings is 5. The van der Waals surface area contributed by atoms with Crippen molar-refractivity contribution in [2.75, 3.05) is 19.0 Å².